The maximum Gasteiger partial charge on any atom is 0.307 e. The molecule has 76 valence electrons. The molecule has 1 aromatic carbocycles. The summed E-state index contributed by atoms with van der Waals surface area (Å²) in [6.45, 7) is 0. The van der Waals surface area contributed by atoms with Crippen LogP contribution in [0.2, 0.25) is 0 Å². The molecule has 0 radical (unpaired) electrons. The summed E-state index contributed by atoms with van der Waals surface area (Å²) in [5.74, 6) is -0.287. The van der Waals surface area contributed by atoms with Crippen molar-refractivity contribution in [2.45, 2.75) is 6.42 Å². The van der Waals surface area contributed by atoms with Gasteiger partial charge in [-0.3, -0.25) is 4.79 Å². The number of benzene rings is 1. The summed E-state index contributed by atoms with van der Waals surface area (Å²) in [6.07, 6.45) is 3.07. The van der Waals surface area contributed by atoms with Crippen molar-refractivity contribution in [1.82, 2.24) is 0 Å². The van der Waals surface area contributed by atoms with Crippen molar-refractivity contribution in [3.63, 3.8) is 0 Å². The monoisotopic (exact) mass is 203 g/mol. The maximum atomic E-state index is 10.7. The Kier molecular flexibility index (Phi) is 2.49. The molecular formula is C11H9NO3. The number of aliphatic carboxylic acids is 1. The molecule has 0 fully saturated rings. The Morgan fingerprint density at radius 2 is 2.20 bits per heavy atom. The largest absolute Gasteiger partial charge is 0.481 e. The molecule has 1 N–H and O–H groups in total. The molecule has 1 aliphatic heterocycles. The molecule has 0 saturated carbocycles. The number of carboxylic acid groups (broad SMARTS) is 1. The highest BCUT2D eigenvalue weighted by Gasteiger charge is 2.13. The Bertz CT molecular complexity index is 449. The standard InChI is InChI=1S/C11H9NO3/c13-11(14)7-8-5-6-12-15-10-4-2-1-3-9(8)10/h1-6H,7H2,(H,13,14). The van der Waals surface area contributed by atoms with E-state index in [1.54, 1.807) is 12.1 Å². The Balaban J connectivity index is 2.43. The molecule has 1 aliphatic rings. The van der Waals surface area contributed by atoms with Gasteiger partial charge >= 0.3 is 5.97 Å². The van der Waals surface area contributed by atoms with E-state index in [1.807, 2.05) is 18.2 Å². The van der Waals surface area contributed by atoms with E-state index in [0.717, 1.165) is 5.56 Å². The predicted molar refractivity (Wildman–Crippen MR) is 55.8 cm³/mol. The maximum absolute atomic E-state index is 10.7. The van der Waals surface area contributed by atoms with Crippen LogP contribution in [0.3, 0.4) is 0 Å². The number of fused-ring (bicyclic) bond motifs is 1. The van der Waals surface area contributed by atoms with E-state index < -0.39 is 5.97 Å². The average molecular weight is 203 g/mol. The number of para-hydroxylation sites is 1. The first-order valence-corrected chi connectivity index (χ1v) is 4.48. The zero-order chi connectivity index (χ0) is 10.7. The molecule has 0 aromatic heterocycles. The van der Waals surface area contributed by atoms with Gasteiger partial charge in [-0.25, -0.2) is 0 Å². The van der Waals surface area contributed by atoms with Crippen molar-refractivity contribution < 1.29 is 14.7 Å². The average Bonchev–Trinajstić information content (AvgIpc) is 2.41. The van der Waals surface area contributed by atoms with Crippen LogP contribution in [0.5, 0.6) is 5.75 Å². The van der Waals surface area contributed by atoms with E-state index in [0.29, 0.717) is 11.3 Å². The van der Waals surface area contributed by atoms with Gasteiger partial charge in [0.1, 0.15) is 0 Å². The number of nitrogens with zero attached hydrogens (tertiary/aromatic N) is 1. The molecule has 15 heavy (non-hydrogen) atoms. The van der Waals surface area contributed by atoms with Gasteiger partial charge in [0.15, 0.2) is 5.75 Å². The van der Waals surface area contributed by atoms with Crippen molar-refractivity contribution in [2.75, 3.05) is 0 Å². The van der Waals surface area contributed by atoms with Gasteiger partial charge in [0, 0.05) is 5.56 Å². The first-order chi connectivity index (χ1) is 7.27. The molecule has 0 amide bonds. The van der Waals surface area contributed by atoms with Crippen molar-refractivity contribution in [3.8, 4) is 5.75 Å². The second kappa shape index (κ2) is 3.96. The van der Waals surface area contributed by atoms with Crippen molar-refractivity contribution >= 4 is 17.8 Å². The summed E-state index contributed by atoms with van der Waals surface area (Å²) in [6, 6.07) is 7.23. The summed E-state index contributed by atoms with van der Waals surface area (Å²) in [7, 11) is 0. The lowest BCUT2D eigenvalue weighted by molar-refractivity contribution is -0.135. The summed E-state index contributed by atoms with van der Waals surface area (Å²) < 4.78 is 0. The summed E-state index contributed by atoms with van der Waals surface area (Å²) >= 11 is 0. The van der Waals surface area contributed by atoms with Crippen molar-refractivity contribution in [1.29, 1.82) is 0 Å². The fourth-order valence-electron chi connectivity index (χ4n) is 1.43. The predicted octanol–water partition coefficient (Wildman–Crippen LogP) is 1.92. The minimum Gasteiger partial charge on any atom is -0.481 e. The molecular weight excluding hydrogens is 194 g/mol. The number of allylic oxidation sites excluding steroid dienone is 1. The highest BCUT2D eigenvalue weighted by atomic mass is 16.6. The van der Waals surface area contributed by atoms with Gasteiger partial charge in [-0.1, -0.05) is 23.4 Å². The molecule has 1 heterocycles. The van der Waals surface area contributed by atoms with Crippen LogP contribution in [0.25, 0.3) is 5.57 Å². The number of oxime groups is 1. The Hall–Kier alpha value is -2.10. The normalized spacial score (nSPS) is 13.5. The summed E-state index contributed by atoms with van der Waals surface area (Å²) in [4.78, 5) is 15.7. The van der Waals surface area contributed by atoms with E-state index in [1.165, 1.54) is 6.21 Å². The lowest BCUT2D eigenvalue weighted by Crippen LogP contribution is -1.97. The molecule has 0 aliphatic carbocycles. The Morgan fingerprint density at radius 1 is 1.40 bits per heavy atom. The van der Waals surface area contributed by atoms with E-state index >= 15 is 0 Å². The quantitative estimate of drug-likeness (QED) is 0.798. The fraction of sp³-hybridized carbons (Fsp3) is 0.0909. The third-order valence-electron chi connectivity index (χ3n) is 2.06. The molecule has 4 nitrogen and oxygen atoms in total. The summed E-state index contributed by atoms with van der Waals surface area (Å²) in [5, 5.41) is 12.4. The van der Waals surface area contributed by atoms with E-state index in [2.05, 4.69) is 5.16 Å². The van der Waals surface area contributed by atoms with Crippen LogP contribution < -0.4 is 4.84 Å². The van der Waals surface area contributed by atoms with Gasteiger partial charge in [0.25, 0.3) is 0 Å². The Labute approximate surface area is 86.5 Å². The molecule has 2 rings (SSSR count). The molecule has 0 saturated heterocycles. The van der Waals surface area contributed by atoms with E-state index in [9.17, 15) is 4.79 Å². The lowest BCUT2D eigenvalue weighted by Gasteiger charge is -2.06. The smallest absolute Gasteiger partial charge is 0.307 e. The van der Waals surface area contributed by atoms with Gasteiger partial charge < -0.3 is 9.94 Å². The van der Waals surface area contributed by atoms with Crippen LogP contribution >= 0.6 is 0 Å². The van der Waals surface area contributed by atoms with Crippen LogP contribution in [0.1, 0.15) is 12.0 Å². The van der Waals surface area contributed by atoms with Crippen LogP contribution in [0, 0.1) is 0 Å². The van der Waals surface area contributed by atoms with Gasteiger partial charge in [-0.05, 0) is 17.7 Å². The SMILES string of the molecule is O=C(O)CC1=CC=NOc2ccccc21. The van der Waals surface area contributed by atoms with Crippen LogP contribution in [-0.4, -0.2) is 17.3 Å². The first kappa shape index (κ1) is 9.45. The van der Waals surface area contributed by atoms with Crippen molar-refractivity contribution in [2.24, 2.45) is 5.16 Å². The first-order valence-electron chi connectivity index (χ1n) is 4.48. The number of hydrogen-bond donors (Lipinski definition) is 1. The number of carboxylic acids is 1. The fourth-order valence-corrected chi connectivity index (χ4v) is 1.43. The highest BCUT2D eigenvalue weighted by molar-refractivity contribution is 5.93. The third-order valence-corrected chi connectivity index (χ3v) is 2.06. The number of carbonyl (C=O) groups is 1. The zero-order valence-corrected chi connectivity index (χ0v) is 7.88. The Morgan fingerprint density at radius 3 is 3.00 bits per heavy atom. The molecule has 0 spiro atoms. The summed E-state index contributed by atoms with van der Waals surface area (Å²) in [5.41, 5.74) is 1.47. The highest BCUT2D eigenvalue weighted by Crippen LogP contribution is 2.29. The second-order valence-corrected chi connectivity index (χ2v) is 3.10. The second-order valence-electron chi connectivity index (χ2n) is 3.10. The molecule has 0 unspecified atom stereocenters. The van der Waals surface area contributed by atoms with Crippen LogP contribution in [-0.2, 0) is 4.79 Å². The molecule has 4 heteroatoms. The minimum absolute atomic E-state index is 0.0353. The van der Waals surface area contributed by atoms with E-state index in [-0.39, 0.29) is 6.42 Å². The van der Waals surface area contributed by atoms with Crippen molar-refractivity contribution in [3.05, 3.63) is 35.9 Å². The topological polar surface area (TPSA) is 58.9 Å². The molecule has 0 bridgehead atoms. The molecule has 1 aromatic rings. The zero-order valence-electron chi connectivity index (χ0n) is 7.88. The van der Waals surface area contributed by atoms with Crippen LogP contribution in [0.4, 0.5) is 0 Å². The molecule has 0 atom stereocenters. The third kappa shape index (κ3) is 2.04. The van der Waals surface area contributed by atoms with Crippen LogP contribution in [0.15, 0.2) is 35.5 Å². The van der Waals surface area contributed by atoms with Gasteiger partial charge in [-0.2, -0.15) is 0 Å². The van der Waals surface area contributed by atoms with E-state index in [4.69, 9.17) is 9.94 Å². The lowest BCUT2D eigenvalue weighted by atomic mass is 10.0. The number of hydrogen-bond acceptors (Lipinski definition) is 3. The van der Waals surface area contributed by atoms with Gasteiger partial charge in [0.05, 0.1) is 12.6 Å². The van der Waals surface area contributed by atoms with Gasteiger partial charge in [0.2, 0.25) is 0 Å². The number of rotatable bonds is 2. The minimum atomic E-state index is -0.869. The van der Waals surface area contributed by atoms with Gasteiger partial charge in [-0.15, -0.1) is 0 Å².